The van der Waals surface area contributed by atoms with Crippen LogP contribution in [-0.2, 0) is 4.74 Å². The molecule has 2 N–H and O–H groups in total. The molecule has 0 saturated heterocycles. The Hall–Kier alpha value is -0.0800. The molecule has 14 heavy (non-hydrogen) atoms. The van der Waals surface area contributed by atoms with E-state index in [0.29, 0.717) is 11.3 Å². The highest BCUT2D eigenvalue weighted by Gasteiger charge is 2.31. The maximum absolute atomic E-state index is 5.86. The van der Waals surface area contributed by atoms with Gasteiger partial charge in [-0.15, -0.1) is 0 Å². The molecule has 1 rings (SSSR count). The van der Waals surface area contributed by atoms with E-state index < -0.39 is 0 Å². The molecule has 1 aliphatic rings. The van der Waals surface area contributed by atoms with Crippen molar-refractivity contribution in [2.45, 2.75) is 46.0 Å². The van der Waals surface area contributed by atoms with E-state index in [1.165, 1.54) is 25.7 Å². The number of rotatable bonds is 6. The first kappa shape index (κ1) is 12.0. The van der Waals surface area contributed by atoms with Crippen LogP contribution >= 0.6 is 0 Å². The van der Waals surface area contributed by atoms with Gasteiger partial charge in [-0.25, -0.2) is 0 Å². The van der Waals surface area contributed by atoms with Crippen LogP contribution in [0.1, 0.15) is 46.0 Å². The van der Waals surface area contributed by atoms with E-state index in [1.54, 1.807) is 0 Å². The van der Waals surface area contributed by atoms with E-state index in [2.05, 4.69) is 13.8 Å². The molecule has 1 fully saturated rings. The second-order valence-electron chi connectivity index (χ2n) is 5.13. The van der Waals surface area contributed by atoms with Crippen molar-refractivity contribution in [3.05, 3.63) is 0 Å². The Morgan fingerprint density at radius 2 is 1.93 bits per heavy atom. The van der Waals surface area contributed by atoms with Gasteiger partial charge in [0.05, 0.1) is 0 Å². The van der Waals surface area contributed by atoms with Crippen LogP contribution in [0.2, 0.25) is 0 Å². The molecule has 0 spiro atoms. The highest BCUT2D eigenvalue weighted by molar-refractivity contribution is 4.85. The van der Waals surface area contributed by atoms with Gasteiger partial charge in [-0.3, -0.25) is 0 Å². The molecule has 0 aromatic carbocycles. The van der Waals surface area contributed by atoms with Gasteiger partial charge in [-0.2, -0.15) is 0 Å². The third kappa shape index (κ3) is 3.58. The van der Waals surface area contributed by atoms with Gasteiger partial charge in [0.15, 0.2) is 0 Å². The van der Waals surface area contributed by atoms with Gasteiger partial charge in [-0.05, 0) is 37.1 Å². The fraction of sp³-hybridized carbons (Fsp3) is 1.00. The summed E-state index contributed by atoms with van der Waals surface area (Å²) < 4.78 is 5.63. The van der Waals surface area contributed by atoms with E-state index in [1.807, 2.05) is 0 Å². The van der Waals surface area contributed by atoms with Gasteiger partial charge in [-0.1, -0.05) is 26.7 Å². The Kier molecular flexibility index (Phi) is 4.90. The van der Waals surface area contributed by atoms with Crippen LogP contribution in [0.15, 0.2) is 0 Å². The van der Waals surface area contributed by atoms with E-state index in [4.69, 9.17) is 10.5 Å². The normalized spacial score (nSPS) is 20.6. The molecule has 0 aliphatic heterocycles. The predicted molar refractivity (Wildman–Crippen MR) is 60.2 cm³/mol. The van der Waals surface area contributed by atoms with Gasteiger partial charge in [0.1, 0.15) is 0 Å². The van der Waals surface area contributed by atoms with Crippen LogP contribution < -0.4 is 5.73 Å². The first-order chi connectivity index (χ1) is 6.68. The molecular formula is C12H25NO. The van der Waals surface area contributed by atoms with Crippen molar-refractivity contribution in [2.75, 3.05) is 19.8 Å². The topological polar surface area (TPSA) is 35.2 Å². The van der Waals surface area contributed by atoms with Gasteiger partial charge in [0, 0.05) is 13.2 Å². The summed E-state index contributed by atoms with van der Waals surface area (Å²) in [6.45, 7) is 7.01. The largest absolute Gasteiger partial charge is 0.381 e. The molecule has 0 aromatic heterocycles. The summed E-state index contributed by atoms with van der Waals surface area (Å²) >= 11 is 0. The second-order valence-corrected chi connectivity index (χ2v) is 5.13. The first-order valence-corrected chi connectivity index (χ1v) is 5.96. The molecule has 2 heteroatoms. The molecule has 0 aromatic rings. The van der Waals surface area contributed by atoms with Gasteiger partial charge in [0.25, 0.3) is 0 Å². The fourth-order valence-corrected chi connectivity index (χ4v) is 2.29. The summed E-state index contributed by atoms with van der Waals surface area (Å²) in [5.41, 5.74) is 6.28. The number of hydrogen-bond acceptors (Lipinski definition) is 2. The van der Waals surface area contributed by atoms with Gasteiger partial charge in [0.2, 0.25) is 0 Å². The summed E-state index contributed by atoms with van der Waals surface area (Å²) in [5.74, 6) is 0.646. The van der Waals surface area contributed by atoms with Crippen LogP contribution in [0.4, 0.5) is 0 Å². The molecule has 0 radical (unpaired) electrons. The maximum Gasteiger partial charge on any atom is 0.0488 e. The van der Waals surface area contributed by atoms with Gasteiger partial charge >= 0.3 is 0 Å². The van der Waals surface area contributed by atoms with Crippen LogP contribution in [0.5, 0.6) is 0 Å². The van der Waals surface area contributed by atoms with Gasteiger partial charge < -0.3 is 10.5 Å². The number of ether oxygens (including phenoxy) is 1. The zero-order valence-electron chi connectivity index (χ0n) is 9.72. The van der Waals surface area contributed by atoms with Crippen molar-refractivity contribution < 1.29 is 4.74 Å². The smallest absolute Gasteiger partial charge is 0.0488 e. The second kappa shape index (κ2) is 5.72. The Labute approximate surface area is 88.2 Å². The minimum absolute atomic E-state index is 0.428. The summed E-state index contributed by atoms with van der Waals surface area (Å²) in [6, 6.07) is 0. The van der Waals surface area contributed by atoms with E-state index in [9.17, 15) is 0 Å². The lowest BCUT2D eigenvalue weighted by Gasteiger charge is -2.27. The Balaban J connectivity index is 2.15. The van der Waals surface area contributed by atoms with Crippen molar-refractivity contribution in [1.29, 1.82) is 0 Å². The van der Waals surface area contributed by atoms with Crippen molar-refractivity contribution in [3.8, 4) is 0 Å². The monoisotopic (exact) mass is 199 g/mol. The van der Waals surface area contributed by atoms with Crippen molar-refractivity contribution in [3.63, 3.8) is 0 Å². The summed E-state index contributed by atoms with van der Waals surface area (Å²) in [6.07, 6.45) is 6.52. The predicted octanol–water partition coefficient (Wildman–Crippen LogP) is 2.57. The average molecular weight is 199 g/mol. The van der Waals surface area contributed by atoms with E-state index in [-0.39, 0.29) is 0 Å². The third-order valence-electron chi connectivity index (χ3n) is 3.33. The highest BCUT2D eigenvalue weighted by atomic mass is 16.5. The minimum Gasteiger partial charge on any atom is -0.381 e. The lowest BCUT2D eigenvalue weighted by molar-refractivity contribution is 0.0793. The Morgan fingerprint density at radius 1 is 1.29 bits per heavy atom. The number of hydrogen-bond donors (Lipinski definition) is 1. The fourth-order valence-electron chi connectivity index (χ4n) is 2.29. The van der Waals surface area contributed by atoms with Crippen LogP contribution in [-0.4, -0.2) is 19.8 Å². The minimum atomic E-state index is 0.428. The number of nitrogens with two attached hydrogens (primary N) is 1. The molecule has 2 nitrogen and oxygen atoms in total. The Morgan fingerprint density at radius 3 is 2.43 bits per heavy atom. The van der Waals surface area contributed by atoms with Crippen LogP contribution in [0.3, 0.4) is 0 Å². The van der Waals surface area contributed by atoms with Crippen LogP contribution in [0, 0.1) is 11.3 Å². The Bertz CT molecular complexity index is 150. The third-order valence-corrected chi connectivity index (χ3v) is 3.33. The van der Waals surface area contributed by atoms with Crippen molar-refractivity contribution >= 4 is 0 Å². The standard InChI is InChI=1S/C12H25NO/c1-11(2)9-14-8-7-12(10-13)5-3-4-6-12/h11H,3-10,13H2,1-2H3. The molecular weight excluding hydrogens is 174 g/mol. The molecule has 0 atom stereocenters. The maximum atomic E-state index is 5.86. The summed E-state index contributed by atoms with van der Waals surface area (Å²) in [7, 11) is 0. The molecule has 0 amide bonds. The first-order valence-electron chi connectivity index (χ1n) is 5.96. The molecule has 1 aliphatic carbocycles. The molecule has 0 heterocycles. The zero-order chi connectivity index (χ0) is 10.4. The van der Waals surface area contributed by atoms with Crippen LogP contribution in [0.25, 0.3) is 0 Å². The van der Waals surface area contributed by atoms with E-state index in [0.717, 1.165) is 26.2 Å². The SMILES string of the molecule is CC(C)COCCC1(CN)CCCC1. The summed E-state index contributed by atoms with van der Waals surface area (Å²) in [5, 5.41) is 0. The molecule has 0 bridgehead atoms. The zero-order valence-corrected chi connectivity index (χ0v) is 9.72. The lowest BCUT2D eigenvalue weighted by atomic mass is 9.83. The molecule has 0 unspecified atom stereocenters. The van der Waals surface area contributed by atoms with E-state index >= 15 is 0 Å². The highest BCUT2D eigenvalue weighted by Crippen LogP contribution is 2.39. The van der Waals surface area contributed by atoms with Crippen molar-refractivity contribution in [1.82, 2.24) is 0 Å². The lowest BCUT2D eigenvalue weighted by Crippen LogP contribution is -2.29. The summed E-state index contributed by atoms with van der Waals surface area (Å²) in [4.78, 5) is 0. The molecule has 1 saturated carbocycles. The molecule has 84 valence electrons. The quantitative estimate of drug-likeness (QED) is 0.667. The average Bonchev–Trinajstić information content (AvgIpc) is 2.62. The van der Waals surface area contributed by atoms with Crippen molar-refractivity contribution in [2.24, 2.45) is 17.1 Å².